The molecule has 3 N–H and O–H groups in total. The van der Waals surface area contributed by atoms with E-state index in [0.29, 0.717) is 10.6 Å². The van der Waals surface area contributed by atoms with Crippen LogP contribution in [0.2, 0.25) is 0 Å². The number of anilines is 1. The zero-order valence-corrected chi connectivity index (χ0v) is 15.4. The van der Waals surface area contributed by atoms with Gasteiger partial charge in [-0.15, -0.1) is 23.1 Å². The summed E-state index contributed by atoms with van der Waals surface area (Å²) < 4.78 is 22.6. The minimum atomic E-state index is -3.73. The zero-order valence-electron chi connectivity index (χ0n) is 13.0. The van der Waals surface area contributed by atoms with Gasteiger partial charge >= 0.3 is 0 Å². The number of nitrogens with one attached hydrogen (secondary N) is 1. The Labute approximate surface area is 153 Å². The van der Waals surface area contributed by atoms with Crippen molar-refractivity contribution in [3.05, 3.63) is 41.3 Å². The van der Waals surface area contributed by atoms with E-state index in [2.05, 4.69) is 5.32 Å². The Morgan fingerprint density at radius 3 is 2.72 bits per heavy atom. The highest BCUT2D eigenvalue weighted by Crippen LogP contribution is 2.34. The van der Waals surface area contributed by atoms with Crippen LogP contribution in [0.25, 0.3) is 0 Å². The highest BCUT2D eigenvalue weighted by atomic mass is 32.2. The van der Waals surface area contributed by atoms with Crippen molar-refractivity contribution in [3.8, 4) is 0 Å². The van der Waals surface area contributed by atoms with Crippen molar-refractivity contribution in [1.29, 1.82) is 0 Å². The molecule has 0 atom stereocenters. The molecule has 0 unspecified atom stereocenters. The minimum Gasteiger partial charge on any atom is -0.350 e. The summed E-state index contributed by atoms with van der Waals surface area (Å²) in [5.74, 6) is -0.139. The number of sulfonamides is 1. The molecule has 7 nitrogen and oxygen atoms in total. The number of rotatable bonds is 5. The van der Waals surface area contributed by atoms with E-state index < -0.39 is 10.0 Å². The number of para-hydroxylation sites is 1. The van der Waals surface area contributed by atoms with Gasteiger partial charge in [0.05, 0.1) is 18.0 Å². The van der Waals surface area contributed by atoms with Crippen LogP contribution in [-0.4, -0.2) is 32.5 Å². The van der Waals surface area contributed by atoms with Crippen LogP contribution >= 0.6 is 23.1 Å². The molecule has 1 aromatic heterocycles. The van der Waals surface area contributed by atoms with Crippen molar-refractivity contribution < 1.29 is 18.0 Å². The lowest BCUT2D eigenvalue weighted by Crippen LogP contribution is -2.43. The van der Waals surface area contributed by atoms with Gasteiger partial charge in [-0.05, 0) is 24.3 Å². The van der Waals surface area contributed by atoms with Gasteiger partial charge in [-0.25, -0.2) is 13.6 Å². The van der Waals surface area contributed by atoms with E-state index in [1.165, 1.54) is 22.7 Å². The fourth-order valence-corrected chi connectivity index (χ4v) is 4.97. The number of carbonyl (C=O) groups is 2. The highest BCUT2D eigenvalue weighted by molar-refractivity contribution is 8.00. The molecule has 2 heterocycles. The number of carbonyl (C=O) groups excluding carboxylic acids is 2. The molecule has 0 aliphatic carbocycles. The van der Waals surface area contributed by atoms with Gasteiger partial charge in [0.25, 0.3) is 0 Å². The van der Waals surface area contributed by atoms with Crippen LogP contribution in [0.4, 0.5) is 5.69 Å². The van der Waals surface area contributed by atoms with Crippen LogP contribution in [0.5, 0.6) is 0 Å². The molecule has 2 aromatic rings. The van der Waals surface area contributed by atoms with Crippen LogP contribution in [-0.2, 0) is 26.2 Å². The molecule has 0 spiro atoms. The largest absolute Gasteiger partial charge is 0.350 e. The quantitative estimate of drug-likeness (QED) is 0.787. The van der Waals surface area contributed by atoms with Gasteiger partial charge in [0.1, 0.15) is 10.8 Å². The van der Waals surface area contributed by atoms with Gasteiger partial charge in [-0.3, -0.25) is 9.59 Å². The molecular formula is C15H15N3O4S3. The third kappa shape index (κ3) is 4.21. The van der Waals surface area contributed by atoms with Gasteiger partial charge in [-0.2, -0.15) is 0 Å². The van der Waals surface area contributed by atoms with E-state index in [4.69, 9.17) is 5.14 Å². The molecule has 2 amide bonds. The monoisotopic (exact) mass is 397 g/mol. The van der Waals surface area contributed by atoms with Crippen LogP contribution in [0.1, 0.15) is 4.88 Å². The number of nitrogens with zero attached hydrogens (tertiary/aromatic N) is 1. The lowest BCUT2D eigenvalue weighted by molar-refractivity contribution is -0.123. The van der Waals surface area contributed by atoms with Gasteiger partial charge in [0.2, 0.25) is 21.8 Å². The first kappa shape index (κ1) is 17.9. The summed E-state index contributed by atoms with van der Waals surface area (Å²) in [4.78, 5) is 27.4. The molecule has 1 aliphatic rings. The Morgan fingerprint density at radius 2 is 2.00 bits per heavy atom. The summed E-state index contributed by atoms with van der Waals surface area (Å²) in [5, 5.41) is 7.76. The SMILES string of the molecule is NS(=O)(=O)c1ccc(CNC(=O)CN2C(=O)CSc3ccccc32)s1. The van der Waals surface area contributed by atoms with Crippen molar-refractivity contribution >= 4 is 50.6 Å². The molecule has 1 aliphatic heterocycles. The van der Waals surface area contributed by atoms with Crippen molar-refractivity contribution in [2.45, 2.75) is 15.6 Å². The maximum absolute atomic E-state index is 12.2. The number of amides is 2. The Bertz CT molecular complexity index is 924. The molecule has 0 saturated heterocycles. The summed E-state index contributed by atoms with van der Waals surface area (Å²) in [7, 11) is -3.73. The summed E-state index contributed by atoms with van der Waals surface area (Å²) in [6, 6.07) is 10.4. The number of hydrogen-bond donors (Lipinski definition) is 2. The second kappa shape index (κ2) is 7.16. The van der Waals surface area contributed by atoms with E-state index in [9.17, 15) is 18.0 Å². The highest BCUT2D eigenvalue weighted by Gasteiger charge is 2.26. The Hall–Kier alpha value is -1.88. The minimum absolute atomic E-state index is 0.0499. The molecule has 1 aromatic carbocycles. The van der Waals surface area contributed by atoms with Crippen molar-refractivity contribution in [2.24, 2.45) is 5.14 Å². The zero-order chi connectivity index (χ0) is 18.0. The standard InChI is InChI=1S/C15H15N3O4S3/c16-25(21,22)15-6-5-10(24-15)7-17-13(19)8-18-11-3-1-2-4-12(11)23-9-14(18)20/h1-6H,7-9H2,(H,17,19)(H2,16,21,22). The molecule has 0 bridgehead atoms. The Balaban J connectivity index is 1.63. The predicted octanol–water partition coefficient (Wildman–Crippen LogP) is 1.15. The smallest absolute Gasteiger partial charge is 0.247 e. The first-order valence-corrected chi connectivity index (χ1v) is 10.6. The molecule has 10 heteroatoms. The maximum atomic E-state index is 12.2. The Morgan fingerprint density at radius 1 is 1.24 bits per heavy atom. The average Bonchev–Trinajstić information content (AvgIpc) is 3.05. The van der Waals surface area contributed by atoms with Gasteiger partial charge in [-0.1, -0.05) is 12.1 Å². The molecule has 25 heavy (non-hydrogen) atoms. The molecule has 0 radical (unpaired) electrons. The average molecular weight is 398 g/mol. The molecular weight excluding hydrogens is 382 g/mol. The van der Waals surface area contributed by atoms with Crippen LogP contribution in [0, 0.1) is 0 Å². The fraction of sp³-hybridized carbons (Fsp3) is 0.200. The number of thioether (sulfide) groups is 1. The summed E-state index contributed by atoms with van der Waals surface area (Å²) >= 11 is 2.46. The topological polar surface area (TPSA) is 110 Å². The predicted molar refractivity (Wildman–Crippen MR) is 97.1 cm³/mol. The second-order valence-electron chi connectivity index (χ2n) is 5.28. The van der Waals surface area contributed by atoms with E-state index in [0.717, 1.165) is 21.9 Å². The molecule has 0 saturated carbocycles. The number of fused-ring (bicyclic) bond motifs is 1. The van der Waals surface area contributed by atoms with E-state index >= 15 is 0 Å². The fourth-order valence-electron chi connectivity index (χ4n) is 2.32. The first-order chi connectivity index (χ1) is 11.8. The molecule has 132 valence electrons. The number of thiophene rings is 1. The number of hydrogen-bond acceptors (Lipinski definition) is 6. The summed E-state index contributed by atoms with van der Waals surface area (Å²) in [5.41, 5.74) is 0.728. The van der Waals surface area contributed by atoms with Crippen molar-refractivity contribution in [3.63, 3.8) is 0 Å². The van der Waals surface area contributed by atoms with Crippen LogP contribution in [0.15, 0.2) is 45.5 Å². The van der Waals surface area contributed by atoms with Crippen molar-refractivity contribution in [2.75, 3.05) is 17.2 Å². The summed E-state index contributed by atoms with van der Waals surface area (Å²) in [6.45, 7) is 0.0985. The third-order valence-corrected chi connectivity index (χ3v) is 7.06. The second-order valence-corrected chi connectivity index (χ2v) is 9.25. The first-order valence-electron chi connectivity index (χ1n) is 7.25. The number of nitrogens with two attached hydrogens (primary N) is 1. The number of primary sulfonamides is 1. The lowest BCUT2D eigenvalue weighted by Gasteiger charge is -2.28. The van der Waals surface area contributed by atoms with Gasteiger partial charge in [0, 0.05) is 9.77 Å². The molecule has 3 rings (SSSR count). The maximum Gasteiger partial charge on any atom is 0.247 e. The third-order valence-electron chi connectivity index (χ3n) is 3.49. The van der Waals surface area contributed by atoms with E-state index in [1.54, 1.807) is 6.07 Å². The Kier molecular flexibility index (Phi) is 5.13. The normalized spacial score (nSPS) is 14.3. The molecule has 0 fully saturated rings. The van der Waals surface area contributed by atoms with E-state index in [-0.39, 0.29) is 29.1 Å². The van der Waals surface area contributed by atoms with Crippen LogP contribution in [0.3, 0.4) is 0 Å². The van der Waals surface area contributed by atoms with E-state index in [1.807, 2.05) is 24.3 Å². The summed E-state index contributed by atoms with van der Waals surface area (Å²) in [6.07, 6.45) is 0. The van der Waals surface area contributed by atoms with Crippen molar-refractivity contribution in [1.82, 2.24) is 5.32 Å². The van der Waals surface area contributed by atoms with Gasteiger partial charge < -0.3 is 10.2 Å². The van der Waals surface area contributed by atoms with Gasteiger partial charge in [0.15, 0.2) is 0 Å². The van der Waals surface area contributed by atoms with Crippen LogP contribution < -0.4 is 15.4 Å². The lowest BCUT2D eigenvalue weighted by atomic mass is 10.2. The number of benzene rings is 1.